The smallest absolute Gasteiger partial charge is 0.0870 e. The van der Waals surface area contributed by atoms with Gasteiger partial charge in [0.2, 0.25) is 0 Å². The number of hydrogen-bond acceptors (Lipinski definition) is 1. The molecule has 1 heteroatoms. The lowest BCUT2D eigenvalue weighted by Gasteiger charge is -2.37. The molecule has 4 rings (SSSR count). The number of epoxide rings is 1. The molecule has 4 fully saturated rings. The minimum Gasteiger partial charge on any atom is -0.369 e. The summed E-state index contributed by atoms with van der Waals surface area (Å²) < 4.78 is 5.43. The molecule has 0 aromatic heterocycles. The van der Waals surface area contributed by atoms with Gasteiger partial charge in [0.15, 0.2) is 0 Å². The van der Waals surface area contributed by atoms with E-state index in [0.717, 1.165) is 24.0 Å². The first-order chi connectivity index (χ1) is 3.93. The Hall–Kier alpha value is -0.0400. The summed E-state index contributed by atoms with van der Waals surface area (Å²) in [5.74, 6) is 2.07. The van der Waals surface area contributed by atoms with Crippen molar-refractivity contribution in [2.45, 2.75) is 31.5 Å². The first-order valence-corrected chi connectivity index (χ1v) is 3.59. The number of hydrogen-bond donors (Lipinski definition) is 0. The van der Waals surface area contributed by atoms with E-state index in [1.807, 2.05) is 0 Å². The van der Waals surface area contributed by atoms with Gasteiger partial charge in [-0.25, -0.2) is 0 Å². The van der Waals surface area contributed by atoms with E-state index in [0.29, 0.717) is 0 Å². The van der Waals surface area contributed by atoms with Gasteiger partial charge in [-0.1, -0.05) is 0 Å². The van der Waals surface area contributed by atoms with Crippen LogP contribution in [0, 0.1) is 11.8 Å². The highest BCUT2D eigenvalue weighted by Gasteiger charge is 2.56. The minimum absolute atomic E-state index is 0.729. The van der Waals surface area contributed by atoms with Crippen LogP contribution < -0.4 is 0 Å². The Balaban J connectivity index is 1.91. The van der Waals surface area contributed by atoms with E-state index >= 15 is 0 Å². The van der Waals surface area contributed by atoms with Crippen LogP contribution in [-0.2, 0) is 4.74 Å². The molecular formula is C7H10O. The first-order valence-electron chi connectivity index (χ1n) is 3.59. The maximum Gasteiger partial charge on any atom is 0.0870 e. The Morgan fingerprint density at radius 2 is 2.00 bits per heavy atom. The minimum atomic E-state index is 0.729. The largest absolute Gasteiger partial charge is 0.369 e. The van der Waals surface area contributed by atoms with Crippen molar-refractivity contribution < 1.29 is 4.74 Å². The van der Waals surface area contributed by atoms with Crippen LogP contribution >= 0.6 is 0 Å². The molecule has 0 spiro atoms. The lowest BCUT2D eigenvalue weighted by Crippen LogP contribution is -2.34. The van der Waals surface area contributed by atoms with Gasteiger partial charge in [-0.05, 0) is 31.1 Å². The maximum atomic E-state index is 5.43. The van der Waals surface area contributed by atoms with Crippen molar-refractivity contribution >= 4 is 0 Å². The molecule has 0 N–H and O–H groups in total. The van der Waals surface area contributed by atoms with Crippen LogP contribution in [0.1, 0.15) is 19.3 Å². The topological polar surface area (TPSA) is 12.5 Å². The Labute approximate surface area is 49.0 Å². The third kappa shape index (κ3) is 0.304. The highest BCUT2D eigenvalue weighted by Crippen LogP contribution is 2.54. The summed E-state index contributed by atoms with van der Waals surface area (Å²) in [4.78, 5) is 0. The van der Waals surface area contributed by atoms with Crippen molar-refractivity contribution in [1.82, 2.24) is 0 Å². The molecule has 1 heterocycles. The monoisotopic (exact) mass is 110 g/mol. The van der Waals surface area contributed by atoms with Crippen LogP contribution in [0.4, 0.5) is 0 Å². The van der Waals surface area contributed by atoms with Crippen LogP contribution in [0.2, 0.25) is 0 Å². The third-order valence-electron chi connectivity index (χ3n) is 2.92. The predicted octanol–water partition coefficient (Wildman–Crippen LogP) is 1.18. The summed E-state index contributed by atoms with van der Waals surface area (Å²) in [6.45, 7) is 0. The molecule has 0 amide bonds. The van der Waals surface area contributed by atoms with Crippen molar-refractivity contribution in [3.8, 4) is 0 Å². The molecule has 4 aliphatic rings. The van der Waals surface area contributed by atoms with Crippen LogP contribution in [0.3, 0.4) is 0 Å². The van der Waals surface area contributed by atoms with Gasteiger partial charge in [0.05, 0.1) is 12.2 Å². The summed E-state index contributed by atoms with van der Waals surface area (Å²) in [6, 6.07) is 0. The van der Waals surface area contributed by atoms with Crippen LogP contribution in [0.5, 0.6) is 0 Å². The Morgan fingerprint density at radius 1 is 1.12 bits per heavy atom. The van der Waals surface area contributed by atoms with E-state index in [4.69, 9.17) is 4.74 Å². The Morgan fingerprint density at radius 3 is 2.50 bits per heavy atom. The molecule has 0 aromatic rings. The highest BCUT2D eigenvalue weighted by atomic mass is 16.6. The molecule has 8 heavy (non-hydrogen) atoms. The van der Waals surface area contributed by atoms with Crippen LogP contribution in [-0.4, -0.2) is 12.2 Å². The fourth-order valence-corrected chi connectivity index (χ4v) is 2.34. The van der Waals surface area contributed by atoms with Crippen molar-refractivity contribution in [1.29, 1.82) is 0 Å². The maximum absolute atomic E-state index is 5.43. The zero-order chi connectivity index (χ0) is 5.14. The quantitative estimate of drug-likeness (QED) is 0.427. The summed E-state index contributed by atoms with van der Waals surface area (Å²) in [5, 5.41) is 0. The fraction of sp³-hybridized carbons (Fsp3) is 1.00. The van der Waals surface area contributed by atoms with Gasteiger partial charge >= 0.3 is 0 Å². The molecule has 2 atom stereocenters. The lowest BCUT2D eigenvalue weighted by molar-refractivity contribution is 0.139. The van der Waals surface area contributed by atoms with Crippen molar-refractivity contribution in [3.05, 3.63) is 0 Å². The van der Waals surface area contributed by atoms with Gasteiger partial charge in [-0.2, -0.15) is 0 Å². The van der Waals surface area contributed by atoms with E-state index in [1.54, 1.807) is 0 Å². The van der Waals surface area contributed by atoms with Crippen LogP contribution in [0.25, 0.3) is 0 Å². The van der Waals surface area contributed by atoms with E-state index in [-0.39, 0.29) is 0 Å². The number of ether oxygens (including phenoxy) is 1. The van der Waals surface area contributed by atoms with E-state index in [2.05, 4.69) is 0 Å². The van der Waals surface area contributed by atoms with E-state index in [9.17, 15) is 0 Å². The molecule has 3 saturated carbocycles. The first kappa shape index (κ1) is 3.89. The Kier molecular flexibility index (Phi) is 0.472. The standard InChI is InChI=1S/C7H10O/c1-4-2-5(1)7-6(3-4)8-7/h4-7H,1-3H2. The molecular weight excluding hydrogens is 100 g/mol. The Bertz CT molecular complexity index is 126. The molecule has 1 nitrogen and oxygen atoms in total. The second kappa shape index (κ2) is 0.971. The average Bonchev–Trinajstić information content (AvgIpc) is 2.35. The second-order valence-electron chi connectivity index (χ2n) is 3.47. The number of rotatable bonds is 0. The highest BCUT2D eigenvalue weighted by molar-refractivity contribution is 5.04. The molecule has 0 aromatic carbocycles. The molecule has 3 aliphatic carbocycles. The van der Waals surface area contributed by atoms with Gasteiger partial charge in [0.25, 0.3) is 0 Å². The van der Waals surface area contributed by atoms with Gasteiger partial charge in [0.1, 0.15) is 0 Å². The molecule has 2 bridgehead atoms. The zero-order valence-electron chi connectivity index (χ0n) is 4.84. The molecule has 44 valence electrons. The zero-order valence-corrected chi connectivity index (χ0v) is 4.84. The van der Waals surface area contributed by atoms with Crippen LogP contribution in [0.15, 0.2) is 0 Å². The van der Waals surface area contributed by atoms with Crippen molar-refractivity contribution in [3.63, 3.8) is 0 Å². The summed E-state index contributed by atoms with van der Waals surface area (Å²) in [6.07, 6.45) is 5.83. The summed E-state index contributed by atoms with van der Waals surface area (Å²) in [5.41, 5.74) is 0. The van der Waals surface area contributed by atoms with Gasteiger partial charge in [-0.15, -0.1) is 0 Å². The van der Waals surface area contributed by atoms with E-state index < -0.39 is 0 Å². The lowest BCUT2D eigenvalue weighted by atomic mass is 9.65. The molecule has 1 aliphatic heterocycles. The molecule has 0 radical (unpaired) electrons. The third-order valence-corrected chi connectivity index (χ3v) is 2.92. The average molecular weight is 110 g/mol. The summed E-state index contributed by atoms with van der Waals surface area (Å²) in [7, 11) is 0. The predicted molar refractivity (Wildman–Crippen MR) is 29.5 cm³/mol. The normalized spacial score (nSPS) is 66.0. The van der Waals surface area contributed by atoms with Crippen molar-refractivity contribution in [2.24, 2.45) is 11.8 Å². The fourth-order valence-electron chi connectivity index (χ4n) is 2.34. The van der Waals surface area contributed by atoms with Gasteiger partial charge in [-0.3, -0.25) is 0 Å². The van der Waals surface area contributed by atoms with Gasteiger partial charge in [0, 0.05) is 0 Å². The SMILES string of the molecule is C1C2CC1C1OC1C2. The van der Waals surface area contributed by atoms with E-state index in [1.165, 1.54) is 19.3 Å². The molecule has 1 saturated heterocycles. The summed E-state index contributed by atoms with van der Waals surface area (Å²) >= 11 is 0. The second-order valence-corrected chi connectivity index (χ2v) is 3.47. The van der Waals surface area contributed by atoms with Gasteiger partial charge < -0.3 is 4.74 Å². The molecule has 2 unspecified atom stereocenters. The van der Waals surface area contributed by atoms with Crippen molar-refractivity contribution in [2.75, 3.05) is 0 Å².